The summed E-state index contributed by atoms with van der Waals surface area (Å²) in [6.45, 7) is -0.692. The van der Waals surface area contributed by atoms with Crippen molar-refractivity contribution >= 4 is 10.8 Å². The maximum absolute atomic E-state index is 15.2. The number of alkyl halides is 2. The van der Waals surface area contributed by atoms with Gasteiger partial charge in [-0.15, -0.1) is 0 Å². The van der Waals surface area contributed by atoms with Crippen LogP contribution in [0.4, 0.5) is 17.6 Å². The zero-order chi connectivity index (χ0) is 25.5. The van der Waals surface area contributed by atoms with Gasteiger partial charge in [0.15, 0.2) is 0 Å². The zero-order valence-electron chi connectivity index (χ0n) is 20.4. The molecule has 36 heavy (non-hydrogen) atoms. The highest BCUT2D eigenvalue weighted by Gasteiger charge is 2.12. The number of hydrogen-bond acceptors (Lipinski definition) is 1. The van der Waals surface area contributed by atoms with E-state index < -0.39 is 6.61 Å². The SMILES string of the molecule is CCCCCCc1ccc(-c2ccc3c(F)c(CCc4ccc(OC(F)F)cc4)ccc3c2)c(F)c1. The molecule has 0 fully saturated rings. The molecule has 4 aromatic rings. The van der Waals surface area contributed by atoms with Crippen LogP contribution in [0.15, 0.2) is 72.8 Å². The van der Waals surface area contributed by atoms with E-state index in [9.17, 15) is 13.2 Å². The molecule has 0 amide bonds. The Balaban J connectivity index is 1.46. The monoisotopic (exact) mass is 494 g/mol. The molecule has 0 heterocycles. The van der Waals surface area contributed by atoms with Crippen molar-refractivity contribution in [3.63, 3.8) is 0 Å². The van der Waals surface area contributed by atoms with Crippen molar-refractivity contribution in [2.45, 2.75) is 58.5 Å². The van der Waals surface area contributed by atoms with Gasteiger partial charge in [-0.1, -0.05) is 74.7 Å². The number of unbranched alkanes of at least 4 members (excludes halogenated alkanes) is 3. The first-order valence-electron chi connectivity index (χ1n) is 12.5. The van der Waals surface area contributed by atoms with E-state index in [0.29, 0.717) is 34.7 Å². The van der Waals surface area contributed by atoms with E-state index in [1.807, 2.05) is 24.3 Å². The number of benzene rings is 4. The second-order valence-corrected chi connectivity index (χ2v) is 9.12. The van der Waals surface area contributed by atoms with Crippen molar-refractivity contribution in [2.75, 3.05) is 0 Å². The Labute approximate surface area is 209 Å². The first-order chi connectivity index (χ1) is 17.4. The van der Waals surface area contributed by atoms with Crippen LogP contribution >= 0.6 is 0 Å². The van der Waals surface area contributed by atoms with Gasteiger partial charge in [0.1, 0.15) is 17.4 Å². The predicted octanol–water partition coefficient (Wildman–Crippen LogP) is 9.29. The van der Waals surface area contributed by atoms with E-state index in [1.165, 1.54) is 25.0 Å². The van der Waals surface area contributed by atoms with Crippen LogP contribution in [0.5, 0.6) is 5.75 Å². The number of hydrogen-bond donors (Lipinski definition) is 0. The van der Waals surface area contributed by atoms with Crippen LogP contribution < -0.4 is 4.74 Å². The Kier molecular flexibility index (Phi) is 8.63. The third kappa shape index (κ3) is 6.45. The molecule has 188 valence electrons. The van der Waals surface area contributed by atoms with Crippen LogP contribution in [0.25, 0.3) is 21.9 Å². The van der Waals surface area contributed by atoms with Gasteiger partial charge in [-0.05, 0) is 77.6 Å². The molecule has 0 unspecified atom stereocenters. The molecule has 0 N–H and O–H groups in total. The largest absolute Gasteiger partial charge is 0.435 e. The van der Waals surface area contributed by atoms with Gasteiger partial charge in [-0.3, -0.25) is 0 Å². The molecule has 0 saturated heterocycles. The van der Waals surface area contributed by atoms with Crippen molar-refractivity contribution in [1.82, 2.24) is 0 Å². The summed E-state index contributed by atoms with van der Waals surface area (Å²) in [5.74, 6) is -0.455. The van der Waals surface area contributed by atoms with E-state index in [0.717, 1.165) is 36.0 Å². The number of ether oxygens (including phenoxy) is 1. The van der Waals surface area contributed by atoms with Gasteiger partial charge in [-0.2, -0.15) is 8.78 Å². The summed E-state index contributed by atoms with van der Waals surface area (Å²) < 4.78 is 59.1. The molecule has 0 aliphatic carbocycles. The van der Waals surface area contributed by atoms with E-state index in [1.54, 1.807) is 36.4 Å². The van der Waals surface area contributed by atoms with Crippen molar-refractivity contribution in [1.29, 1.82) is 0 Å². The van der Waals surface area contributed by atoms with Gasteiger partial charge in [0, 0.05) is 10.9 Å². The van der Waals surface area contributed by atoms with Gasteiger partial charge in [0.05, 0.1) is 0 Å². The Morgan fingerprint density at radius 2 is 1.50 bits per heavy atom. The van der Waals surface area contributed by atoms with E-state index in [-0.39, 0.29) is 17.4 Å². The number of fused-ring (bicyclic) bond motifs is 1. The van der Waals surface area contributed by atoms with Crippen LogP contribution in [0.1, 0.15) is 49.3 Å². The second-order valence-electron chi connectivity index (χ2n) is 9.12. The normalized spacial score (nSPS) is 11.4. The molecule has 0 spiro atoms. The highest BCUT2D eigenvalue weighted by Crippen LogP contribution is 2.30. The average molecular weight is 495 g/mol. The van der Waals surface area contributed by atoms with Crippen LogP contribution in [0.2, 0.25) is 0 Å². The minimum Gasteiger partial charge on any atom is -0.435 e. The predicted molar refractivity (Wildman–Crippen MR) is 138 cm³/mol. The Hall–Kier alpha value is -3.34. The van der Waals surface area contributed by atoms with Crippen LogP contribution in [-0.2, 0) is 19.3 Å². The summed E-state index contributed by atoms with van der Waals surface area (Å²) in [6.07, 6.45) is 6.48. The fourth-order valence-corrected chi connectivity index (χ4v) is 4.52. The molecule has 0 bridgehead atoms. The molecule has 0 aliphatic heterocycles. The highest BCUT2D eigenvalue weighted by atomic mass is 19.3. The minimum absolute atomic E-state index is 0.0968. The topological polar surface area (TPSA) is 9.23 Å². The lowest BCUT2D eigenvalue weighted by molar-refractivity contribution is -0.0498. The number of aryl methyl sites for hydroxylation is 3. The van der Waals surface area contributed by atoms with Gasteiger partial charge in [-0.25, -0.2) is 8.78 Å². The molecule has 0 aliphatic rings. The summed E-state index contributed by atoms with van der Waals surface area (Å²) in [6, 6.07) is 20.7. The van der Waals surface area contributed by atoms with Crippen molar-refractivity contribution < 1.29 is 22.3 Å². The third-order valence-corrected chi connectivity index (χ3v) is 6.53. The van der Waals surface area contributed by atoms with E-state index >= 15 is 4.39 Å². The molecule has 4 rings (SSSR count). The summed E-state index contributed by atoms with van der Waals surface area (Å²) in [4.78, 5) is 0. The highest BCUT2D eigenvalue weighted by molar-refractivity contribution is 5.88. The van der Waals surface area contributed by atoms with E-state index in [2.05, 4.69) is 11.7 Å². The van der Waals surface area contributed by atoms with Crippen LogP contribution in [-0.4, -0.2) is 6.61 Å². The first-order valence-corrected chi connectivity index (χ1v) is 12.5. The number of rotatable bonds is 11. The molecule has 0 atom stereocenters. The van der Waals surface area contributed by atoms with Gasteiger partial charge in [0.25, 0.3) is 0 Å². The second kappa shape index (κ2) is 12.1. The molecular formula is C31H30F4O. The fourth-order valence-electron chi connectivity index (χ4n) is 4.52. The van der Waals surface area contributed by atoms with Gasteiger partial charge >= 0.3 is 6.61 Å². The molecule has 1 nitrogen and oxygen atoms in total. The van der Waals surface area contributed by atoms with Crippen molar-refractivity contribution in [2.24, 2.45) is 0 Å². The summed E-state index contributed by atoms with van der Waals surface area (Å²) in [7, 11) is 0. The summed E-state index contributed by atoms with van der Waals surface area (Å²) >= 11 is 0. The lowest BCUT2D eigenvalue weighted by Crippen LogP contribution is -2.02. The standard InChI is InChI=1S/C31H30F4O/c1-2-3-4-5-6-22-10-17-27(29(32)19-22)24-14-18-28-25(20-24)13-12-23(30(28)33)11-7-21-8-15-26(16-9-21)36-31(34)35/h8-10,12-20,31H,2-7,11H2,1H3. The average Bonchev–Trinajstić information content (AvgIpc) is 2.87. The van der Waals surface area contributed by atoms with E-state index in [4.69, 9.17) is 0 Å². The Bertz CT molecular complexity index is 1300. The maximum atomic E-state index is 15.2. The van der Waals surface area contributed by atoms with Crippen LogP contribution in [0, 0.1) is 11.6 Å². The minimum atomic E-state index is -2.86. The smallest absolute Gasteiger partial charge is 0.387 e. The fraction of sp³-hybridized carbons (Fsp3) is 0.290. The Morgan fingerprint density at radius 1 is 0.722 bits per heavy atom. The van der Waals surface area contributed by atoms with Gasteiger partial charge in [0.2, 0.25) is 0 Å². The molecule has 5 heteroatoms. The molecule has 4 aromatic carbocycles. The summed E-state index contributed by atoms with van der Waals surface area (Å²) in [5, 5.41) is 1.20. The zero-order valence-corrected chi connectivity index (χ0v) is 20.4. The Morgan fingerprint density at radius 3 is 2.22 bits per heavy atom. The quantitative estimate of drug-likeness (QED) is 0.149. The molecule has 0 radical (unpaired) electrons. The number of halogens is 4. The lowest BCUT2D eigenvalue weighted by atomic mass is 9.96. The third-order valence-electron chi connectivity index (χ3n) is 6.53. The van der Waals surface area contributed by atoms with Crippen molar-refractivity contribution in [3.8, 4) is 16.9 Å². The molecular weight excluding hydrogens is 464 g/mol. The maximum Gasteiger partial charge on any atom is 0.387 e. The first kappa shape index (κ1) is 25.7. The van der Waals surface area contributed by atoms with Crippen LogP contribution in [0.3, 0.4) is 0 Å². The van der Waals surface area contributed by atoms with Crippen molar-refractivity contribution in [3.05, 3.63) is 101 Å². The summed E-state index contributed by atoms with van der Waals surface area (Å²) in [5.41, 5.74) is 3.70. The lowest BCUT2D eigenvalue weighted by Gasteiger charge is -2.11. The van der Waals surface area contributed by atoms with Gasteiger partial charge < -0.3 is 4.74 Å². The molecule has 0 saturated carbocycles. The molecule has 0 aromatic heterocycles.